The smallest absolute Gasteiger partial charge is 0.322 e. The van der Waals surface area contributed by atoms with E-state index in [4.69, 9.17) is 9.47 Å². The van der Waals surface area contributed by atoms with Crippen molar-refractivity contribution in [1.82, 2.24) is 14.7 Å². The molecule has 2 heterocycles. The third-order valence-electron chi connectivity index (χ3n) is 4.56. The molecule has 7 heteroatoms. The van der Waals surface area contributed by atoms with Gasteiger partial charge in [-0.25, -0.2) is 9.48 Å². The Kier molecular flexibility index (Phi) is 6.12. The Hall–Kier alpha value is -2.54. The Balaban J connectivity index is 1.61. The maximum absolute atomic E-state index is 12.5. The number of carbonyl (C=O) groups is 1. The topological polar surface area (TPSA) is 68.6 Å². The Morgan fingerprint density at radius 2 is 2.23 bits per heavy atom. The van der Waals surface area contributed by atoms with Gasteiger partial charge in [0.25, 0.3) is 0 Å². The number of aromatic nitrogens is 2. The zero-order valence-corrected chi connectivity index (χ0v) is 15.4. The molecule has 0 aliphatic carbocycles. The standard InChI is InChI=1S/C19H26N4O3/c1-22(14-16-8-5-6-12-26-16)19(24)21-18-10-11-20-23(18)13-15-7-3-4-9-17(15)25-2/h3-4,7,9-11,16H,5-6,8,12-14H2,1-2H3,(H,21,24). The van der Waals surface area contributed by atoms with Crippen LogP contribution in [0.3, 0.4) is 0 Å². The van der Waals surface area contributed by atoms with Gasteiger partial charge in [-0.3, -0.25) is 5.32 Å². The van der Waals surface area contributed by atoms with Crippen LogP contribution in [0, 0.1) is 0 Å². The fourth-order valence-electron chi connectivity index (χ4n) is 3.10. The predicted molar refractivity (Wildman–Crippen MR) is 99.6 cm³/mol. The number of benzene rings is 1. The second kappa shape index (κ2) is 8.71. The Bertz CT molecular complexity index is 725. The van der Waals surface area contributed by atoms with E-state index in [0.717, 1.165) is 37.2 Å². The Morgan fingerprint density at radius 1 is 1.38 bits per heavy atom. The largest absolute Gasteiger partial charge is 0.496 e. The monoisotopic (exact) mass is 358 g/mol. The highest BCUT2D eigenvalue weighted by molar-refractivity contribution is 5.88. The summed E-state index contributed by atoms with van der Waals surface area (Å²) in [5, 5.41) is 7.25. The number of ether oxygens (including phenoxy) is 2. The lowest BCUT2D eigenvalue weighted by Gasteiger charge is -2.27. The highest BCUT2D eigenvalue weighted by Crippen LogP contribution is 2.20. The Labute approximate surface area is 153 Å². The zero-order valence-electron chi connectivity index (χ0n) is 15.4. The first-order chi connectivity index (χ1) is 12.7. The number of nitrogens with zero attached hydrogens (tertiary/aromatic N) is 3. The summed E-state index contributed by atoms with van der Waals surface area (Å²) in [6.45, 7) is 1.89. The van der Waals surface area contributed by atoms with E-state index in [2.05, 4.69) is 10.4 Å². The number of likely N-dealkylation sites (N-methyl/N-ethyl adjacent to an activating group) is 1. The van der Waals surface area contributed by atoms with Crippen LogP contribution in [0.4, 0.5) is 10.6 Å². The lowest BCUT2D eigenvalue weighted by Crippen LogP contribution is -2.39. The molecule has 2 amide bonds. The predicted octanol–water partition coefficient (Wildman–Crippen LogP) is 2.97. The van der Waals surface area contributed by atoms with Crippen LogP contribution in [-0.2, 0) is 11.3 Å². The molecule has 1 N–H and O–H groups in total. The molecule has 1 aliphatic rings. The van der Waals surface area contributed by atoms with Gasteiger partial charge in [-0.2, -0.15) is 5.10 Å². The zero-order chi connectivity index (χ0) is 18.4. The summed E-state index contributed by atoms with van der Waals surface area (Å²) in [6.07, 6.45) is 5.07. The molecule has 0 radical (unpaired) electrons. The van der Waals surface area contributed by atoms with Crippen LogP contribution in [0.25, 0.3) is 0 Å². The number of carbonyl (C=O) groups excluding carboxylic acids is 1. The molecule has 1 aromatic heterocycles. The summed E-state index contributed by atoms with van der Waals surface area (Å²) in [5.74, 6) is 1.45. The van der Waals surface area contributed by atoms with Gasteiger partial charge in [0.15, 0.2) is 0 Å². The molecule has 1 unspecified atom stereocenters. The lowest BCUT2D eigenvalue weighted by atomic mass is 10.1. The van der Waals surface area contributed by atoms with Crippen LogP contribution < -0.4 is 10.1 Å². The average Bonchev–Trinajstić information content (AvgIpc) is 3.09. The minimum atomic E-state index is -0.166. The molecule has 1 saturated heterocycles. The van der Waals surface area contributed by atoms with Gasteiger partial charge in [-0.05, 0) is 25.3 Å². The molecule has 0 bridgehead atoms. The first-order valence-corrected chi connectivity index (χ1v) is 8.95. The lowest BCUT2D eigenvalue weighted by molar-refractivity contribution is 0.00463. The second-order valence-electron chi connectivity index (χ2n) is 6.49. The van der Waals surface area contributed by atoms with Gasteiger partial charge in [0.1, 0.15) is 11.6 Å². The van der Waals surface area contributed by atoms with Gasteiger partial charge in [-0.1, -0.05) is 18.2 Å². The van der Waals surface area contributed by atoms with Gasteiger partial charge in [0.2, 0.25) is 0 Å². The number of hydrogen-bond acceptors (Lipinski definition) is 4. The van der Waals surface area contributed by atoms with E-state index in [1.54, 1.807) is 36.0 Å². The molecule has 1 fully saturated rings. The molecule has 140 valence electrons. The van der Waals surface area contributed by atoms with E-state index in [0.29, 0.717) is 18.9 Å². The summed E-state index contributed by atoms with van der Waals surface area (Å²) in [7, 11) is 3.43. The summed E-state index contributed by atoms with van der Waals surface area (Å²) in [4.78, 5) is 14.2. The van der Waals surface area contributed by atoms with Crippen molar-refractivity contribution in [1.29, 1.82) is 0 Å². The molecular weight excluding hydrogens is 332 g/mol. The average molecular weight is 358 g/mol. The van der Waals surface area contributed by atoms with E-state index < -0.39 is 0 Å². The fraction of sp³-hybridized carbons (Fsp3) is 0.474. The van der Waals surface area contributed by atoms with E-state index in [1.165, 1.54) is 0 Å². The van der Waals surface area contributed by atoms with Crippen LogP contribution in [-0.4, -0.2) is 54.1 Å². The normalized spacial score (nSPS) is 16.9. The van der Waals surface area contributed by atoms with Gasteiger partial charge >= 0.3 is 6.03 Å². The fourth-order valence-corrected chi connectivity index (χ4v) is 3.10. The van der Waals surface area contributed by atoms with E-state index in [-0.39, 0.29) is 12.1 Å². The Morgan fingerprint density at radius 3 is 3.00 bits per heavy atom. The summed E-state index contributed by atoms with van der Waals surface area (Å²) < 4.78 is 12.8. The maximum Gasteiger partial charge on any atom is 0.322 e. The van der Waals surface area contributed by atoms with Gasteiger partial charge < -0.3 is 14.4 Å². The van der Waals surface area contributed by atoms with Crippen LogP contribution >= 0.6 is 0 Å². The van der Waals surface area contributed by atoms with Crippen molar-refractivity contribution < 1.29 is 14.3 Å². The second-order valence-corrected chi connectivity index (χ2v) is 6.49. The van der Waals surface area contributed by atoms with Crippen molar-refractivity contribution in [3.63, 3.8) is 0 Å². The minimum absolute atomic E-state index is 0.123. The van der Waals surface area contributed by atoms with E-state index >= 15 is 0 Å². The van der Waals surface area contributed by atoms with Crippen LogP contribution in [0.5, 0.6) is 5.75 Å². The number of rotatable bonds is 6. The third kappa shape index (κ3) is 4.54. The molecule has 7 nitrogen and oxygen atoms in total. The molecule has 26 heavy (non-hydrogen) atoms. The van der Waals surface area contributed by atoms with Crippen molar-refractivity contribution in [3.05, 3.63) is 42.1 Å². The number of amides is 2. The maximum atomic E-state index is 12.5. The van der Waals surface area contributed by atoms with Crippen LogP contribution in [0.15, 0.2) is 36.5 Å². The minimum Gasteiger partial charge on any atom is -0.496 e. The van der Waals surface area contributed by atoms with Crippen molar-refractivity contribution in [2.75, 3.05) is 32.6 Å². The number of nitrogens with one attached hydrogen (secondary N) is 1. The van der Waals surface area contributed by atoms with E-state index in [9.17, 15) is 4.79 Å². The molecular formula is C19H26N4O3. The molecule has 0 saturated carbocycles. The van der Waals surface area contributed by atoms with Gasteiger partial charge in [-0.15, -0.1) is 0 Å². The summed E-state index contributed by atoms with van der Waals surface area (Å²) in [6, 6.07) is 9.40. The first-order valence-electron chi connectivity index (χ1n) is 8.95. The first kappa shape index (κ1) is 18.3. The summed E-state index contributed by atoms with van der Waals surface area (Å²) in [5.41, 5.74) is 0.998. The quantitative estimate of drug-likeness (QED) is 0.862. The number of hydrogen-bond donors (Lipinski definition) is 1. The molecule has 1 aromatic carbocycles. The molecule has 1 aliphatic heterocycles. The van der Waals surface area contributed by atoms with Crippen LogP contribution in [0.1, 0.15) is 24.8 Å². The molecule has 0 spiro atoms. The highest BCUT2D eigenvalue weighted by atomic mass is 16.5. The summed E-state index contributed by atoms with van der Waals surface area (Å²) >= 11 is 0. The number of methoxy groups -OCH3 is 1. The highest BCUT2D eigenvalue weighted by Gasteiger charge is 2.19. The van der Waals surface area contributed by atoms with Crippen molar-refractivity contribution in [3.8, 4) is 5.75 Å². The molecule has 1 atom stereocenters. The van der Waals surface area contributed by atoms with Crippen molar-refractivity contribution in [2.24, 2.45) is 0 Å². The van der Waals surface area contributed by atoms with Gasteiger partial charge in [0, 0.05) is 31.8 Å². The van der Waals surface area contributed by atoms with Crippen LogP contribution in [0.2, 0.25) is 0 Å². The van der Waals surface area contributed by atoms with Gasteiger partial charge in [0.05, 0.1) is 26.0 Å². The van der Waals surface area contributed by atoms with Crippen molar-refractivity contribution in [2.45, 2.75) is 31.9 Å². The molecule has 3 rings (SSSR count). The number of anilines is 1. The number of urea groups is 1. The van der Waals surface area contributed by atoms with Crippen molar-refractivity contribution >= 4 is 11.8 Å². The number of para-hydroxylation sites is 1. The molecule has 2 aromatic rings. The third-order valence-corrected chi connectivity index (χ3v) is 4.56. The van der Waals surface area contributed by atoms with E-state index in [1.807, 2.05) is 24.3 Å². The SMILES string of the molecule is COc1ccccc1Cn1nccc1NC(=O)N(C)CC1CCCCO1.